The van der Waals surface area contributed by atoms with Crippen molar-refractivity contribution >= 4 is 17.6 Å². The van der Waals surface area contributed by atoms with Gasteiger partial charge in [0.05, 0.1) is 5.69 Å². The summed E-state index contributed by atoms with van der Waals surface area (Å²) in [5.74, 6) is 9.91. The van der Waals surface area contributed by atoms with Crippen molar-refractivity contribution in [3.63, 3.8) is 0 Å². The minimum Gasteiger partial charge on any atom is -0.367 e. The number of nitrogens with two attached hydrogens (primary N) is 1. The maximum atomic E-state index is 6.16. The number of hydrogen-bond donors (Lipinski definition) is 2. The van der Waals surface area contributed by atoms with Gasteiger partial charge in [0.2, 0.25) is 0 Å². The molecule has 21 heavy (non-hydrogen) atoms. The van der Waals surface area contributed by atoms with Gasteiger partial charge in [0.1, 0.15) is 11.4 Å². The molecule has 0 saturated heterocycles. The molecule has 2 aliphatic rings. The first-order valence-electron chi connectivity index (χ1n) is 7.77. The van der Waals surface area contributed by atoms with E-state index in [1.165, 1.54) is 12.8 Å². The quantitative estimate of drug-likeness (QED) is 0.658. The Balaban J connectivity index is 2.00. The van der Waals surface area contributed by atoms with Crippen LogP contribution in [0.5, 0.6) is 0 Å². The maximum absolute atomic E-state index is 6.16. The monoisotopic (exact) mass is 308 g/mol. The smallest absolute Gasteiger partial charge is 0.162 e. The Bertz CT molecular complexity index is 515. The molecule has 1 aliphatic heterocycles. The fourth-order valence-electron chi connectivity index (χ4n) is 3.31. The normalized spacial score (nSPS) is 28.4. The number of nitrogens with zero attached hydrogens (tertiary/aromatic N) is 2. The van der Waals surface area contributed by atoms with E-state index in [4.69, 9.17) is 20.5 Å². The van der Waals surface area contributed by atoms with Crippen molar-refractivity contribution in [3.05, 3.63) is 17.1 Å². The molecule has 0 radical (unpaired) electrons. The van der Waals surface area contributed by atoms with Crippen molar-refractivity contribution in [2.24, 2.45) is 11.8 Å². The van der Waals surface area contributed by atoms with E-state index in [-0.39, 0.29) is 5.60 Å². The summed E-state index contributed by atoms with van der Waals surface area (Å²) >= 11 is 1.86. The molecule has 1 aliphatic carbocycles. The Morgan fingerprint density at radius 1 is 1.33 bits per heavy atom. The number of ether oxygens (including phenoxy) is 1. The first kappa shape index (κ1) is 15.1. The van der Waals surface area contributed by atoms with Crippen molar-refractivity contribution in [3.8, 4) is 0 Å². The van der Waals surface area contributed by atoms with E-state index in [1.807, 2.05) is 18.7 Å². The predicted octanol–water partition coefficient (Wildman–Crippen LogP) is 2.95. The van der Waals surface area contributed by atoms with E-state index in [2.05, 4.69) is 12.3 Å². The van der Waals surface area contributed by atoms with Crippen molar-refractivity contribution in [2.45, 2.75) is 56.6 Å². The van der Waals surface area contributed by atoms with Gasteiger partial charge in [-0.1, -0.05) is 6.92 Å². The highest BCUT2D eigenvalue weighted by Gasteiger charge is 2.40. The van der Waals surface area contributed by atoms with Crippen molar-refractivity contribution < 1.29 is 4.74 Å². The first-order chi connectivity index (χ1) is 10.2. The molecule has 116 valence electrons. The van der Waals surface area contributed by atoms with E-state index in [1.54, 1.807) is 0 Å². The second-order valence-corrected chi connectivity index (χ2v) is 7.05. The van der Waals surface area contributed by atoms with Crippen LogP contribution in [0.3, 0.4) is 0 Å². The maximum Gasteiger partial charge on any atom is 0.162 e. The van der Waals surface area contributed by atoms with Crippen molar-refractivity contribution in [1.29, 1.82) is 0 Å². The van der Waals surface area contributed by atoms with E-state index in [9.17, 15) is 0 Å². The second-order valence-electron chi connectivity index (χ2n) is 6.07. The SMILES string of the molecule is CCOC1(c2nc3c(c(NN)n2)CSC3)CCC(C)CC1. The Hall–Kier alpha value is -0.850. The summed E-state index contributed by atoms with van der Waals surface area (Å²) in [4.78, 5) is 9.57. The summed E-state index contributed by atoms with van der Waals surface area (Å²) in [5, 5.41) is 0. The number of nitrogens with one attached hydrogen (secondary N) is 1. The van der Waals surface area contributed by atoms with Gasteiger partial charge in [-0.3, -0.25) is 0 Å². The molecular weight excluding hydrogens is 284 g/mol. The van der Waals surface area contributed by atoms with Gasteiger partial charge in [0.25, 0.3) is 0 Å². The number of rotatable bonds is 4. The summed E-state index contributed by atoms with van der Waals surface area (Å²) in [5.41, 5.74) is 4.71. The number of hydrogen-bond acceptors (Lipinski definition) is 6. The minimum atomic E-state index is -0.324. The Morgan fingerprint density at radius 3 is 2.76 bits per heavy atom. The molecule has 1 aromatic heterocycles. The predicted molar refractivity (Wildman–Crippen MR) is 85.8 cm³/mol. The van der Waals surface area contributed by atoms with Gasteiger partial charge in [-0.2, -0.15) is 11.8 Å². The molecule has 0 amide bonds. The van der Waals surface area contributed by atoms with Crippen LogP contribution in [0.4, 0.5) is 5.82 Å². The third kappa shape index (κ3) is 2.76. The largest absolute Gasteiger partial charge is 0.367 e. The summed E-state index contributed by atoms with van der Waals surface area (Å²) in [6, 6.07) is 0. The Kier molecular flexibility index (Phi) is 4.38. The summed E-state index contributed by atoms with van der Waals surface area (Å²) in [7, 11) is 0. The average molecular weight is 308 g/mol. The van der Waals surface area contributed by atoms with Gasteiger partial charge >= 0.3 is 0 Å². The zero-order valence-corrected chi connectivity index (χ0v) is 13.6. The molecule has 0 atom stereocenters. The van der Waals surface area contributed by atoms with Gasteiger partial charge in [-0.15, -0.1) is 0 Å². The standard InChI is InChI=1S/C15H24N4OS/c1-3-20-15(6-4-10(2)5-7-15)14-17-12-9-21-8-11(12)13(18-14)19-16/h10H,3-9,16H2,1-2H3,(H,17,18,19). The molecule has 1 saturated carbocycles. The summed E-state index contributed by atoms with van der Waals surface area (Å²) < 4.78 is 6.16. The van der Waals surface area contributed by atoms with Gasteiger partial charge in [0.15, 0.2) is 5.82 Å². The molecule has 5 nitrogen and oxygen atoms in total. The van der Waals surface area contributed by atoms with Crippen molar-refractivity contribution in [1.82, 2.24) is 9.97 Å². The first-order valence-corrected chi connectivity index (χ1v) is 8.92. The third-order valence-corrected chi connectivity index (χ3v) is 5.60. The van der Waals surface area contributed by atoms with Crippen LogP contribution in [0.15, 0.2) is 0 Å². The summed E-state index contributed by atoms with van der Waals surface area (Å²) in [6.07, 6.45) is 4.33. The Labute approximate surface area is 130 Å². The molecule has 1 fully saturated rings. The highest BCUT2D eigenvalue weighted by molar-refractivity contribution is 7.98. The van der Waals surface area contributed by atoms with Crippen LogP contribution < -0.4 is 11.3 Å². The lowest BCUT2D eigenvalue weighted by Crippen LogP contribution is -2.37. The highest BCUT2D eigenvalue weighted by Crippen LogP contribution is 2.43. The van der Waals surface area contributed by atoms with Crippen LogP contribution in [0.2, 0.25) is 0 Å². The number of anilines is 1. The third-order valence-electron chi connectivity index (χ3n) is 4.62. The number of hydrazine groups is 1. The fourth-order valence-corrected chi connectivity index (χ4v) is 4.35. The van der Waals surface area contributed by atoms with Gasteiger partial charge < -0.3 is 10.2 Å². The molecular formula is C15H24N4OS. The highest BCUT2D eigenvalue weighted by atomic mass is 32.2. The van der Waals surface area contributed by atoms with Crippen LogP contribution in [0.25, 0.3) is 0 Å². The van der Waals surface area contributed by atoms with E-state index in [0.717, 1.165) is 53.2 Å². The molecule has 1 aromatic rings. The Morgan fingerprint density at radius 2 is 2.10 bits per heavy atom. The molecule has 0 bridgehead atoms. The van der Waals surface area contributed by atoms with Gasteiger partial charge in [-0.05, 0) is 38.5 Å². The van der Waals surface area contributed by atoms with E-state index in [0.29, 0.717) is 6.61 Å². The van der Waals surface area contributed by atoms with Gasteiger partial charge in [-0.25, -0.2) is 15.8 Å². The average Bonchev–Trinajstić information content (AvgIpc) is 2.97. The number of fused-ring (bicyclic) bond motifs is 1. The number of nitrogen functional groups attached to an aromatic ring is 1. The molecule has 2 heterocycles. The summed E-state index contributed by atoms with van der Waals surface area (Å²) in [6.45, 7) is 5.04. The number of thioether (sulfide) groups is 1. The van der Waals surface area contributed by atoms with E-state index < -0.39 is 0 Å². The van der Waals surface area contributed by atoms with Gasteiger partial charge in [0, 0.05) is 23.7 Å². The second kappa shape index (κ2) is 6.10. The molecule has 3 N–H and O–H groups in total. The molecule has 0 aromatic carbocycles. The molecule has 3 rings (SSSR count). The zero-order valence-electron chi connectivity index (χ0n) is 12.8. The molecule has 6 heteroatoms. The molecule has 0 unspecified atom stereocenters. The lowest BCUT2D eigenvalue weighted by Gasteiger charge is -2.38. The van der Waals surface area contributed by atoms with Crippen LogP contribution in [0.1, 0.15) is 56.6 Å². The number of aromatic nitrogens is 2. The van der Waals surface area contributed by atoms with E-state index >= 15 is 0 Å². The van der Waals surface area contributed by atoms with Crippen LogP contribution in [-0.2, 0) is 21.8 Å². The van der Waals surface area contributed by atoms with Crippen LogP contribution >= 0.6 is 11.8 Å². The fraction of sp³-hybridized carbons (Fsp3) is 0.733. The van der Waals surface area contributed by atoms with Crippen molar-refractivity contribution in [2.75, 3.05) is 12.0 Å². The minimum absolute atomic E-state index is 0.324. The van der Waals surface area contributed by atoms with Crippen LogP contribution in [-0.4, -0.2) is 16.6 Å². The molecule has 0 spiro atoms. The lowest BCUT2D eigenvalue weighted by atomic mass is 9.78. The lowest BCUT2D eigenvalue weighted by molar-refractivity contribution is -0.0837. The topological polar surface area (TPSA) is 73.1 Å². The zero-order chi connectivity index (χ0) is 14.9. The van der Waals surface area contributed by atoms with Crippen LogP contribution in [0, 0.1) is 5.92 Å².